The molecule has 0 unspecified atom stereocenters. The number of likely N-dealkylation sites (tertiary alicyclic amines) is 1. The first-order chi connectivity index (χ1) is 10.6. The van der Waals surface area contributed by atoms with Crippen LogP contribution in [-0.4, -0.2) is 53.4 Å². The number of hydrogen-bond acceptors (Lipinski definition) is 5. The maximum Gasteiger partial charge on any atom is 0.417 e. The van der Waals surface area contributed by atoms with Crippen LogP contribution in [0, 0.1) is 0 Å². The number of imide groups is 1. The molecule has 1 aromatic carbocycles. The van der Waals surface area contributed by atoms with Crippen LogP contribution < -0.4 is 0 Å². The van der Waals surface area contributed by atoms with E-state index in [2.05, 4.69) is 0 Å². The molecular formula is C15H12N2O4S. The number of cyclic esters (lactones) is 1. The van der Waals surface area contributed by atoms with E-state index in [0.29, 0.717) is 18.0 Å². The summed E-state index contributed by atoms with van der Waals surface area (Å²) in [6.45, 7) is 0.543. The summed E-state index contributed by atoms with van der Waals surface area (Å²) in [5.74, 6) is -0.388. The third kappa shape index (κ3) is 1.97. The maximum absolute atomic E-state index is 12.4. The third-order valence-electron chi connectivity index (χ3n) is 3.94. The molecular weight excluding hydrogens is 304 g/mol. The molecule has 2 fully saturated rings. The Hall–Kier alpha value is -2.41. The van der Waals surface area contributed by atoms with Gasteiger partial charge in [0.2, 0.25) is 0 Å². The lowest BCUT2D eigenvalue weighted by molar-refractivity contribution is -0.129. The first-order valence-corrected chi connectivity index (χ1v) is 7.72. The van der Waals surface area contributed by atoms with Gasteiger partial charge in [-0.1, -0.05) is 18.2 Å². The van der Waals surface area contributed by atoms with Crippen LogP contribution in [0.1, 0.15) is 9.67 Å². The normalized spacial score (nSPS) is 18.7. The summed E-state index contributed by atoms with van der Waals surface area (Å²) < 4.78 is 5.76. The summed E-state index contributed by atoms with van der Waals surface area (Å²) in [7, 11) is 0. The predicted molar refractivity (Wildman–Crippen MR) is 79.7 cm³/mol. The first kappa shape index (κ1) is 13.3. The molecule has 0 atom stereocenters. The number of fused-ring (bicyclic) bond motifs is 1. The van der Waals surface area contributed by atoms with Crippen LogP contribution in [0.25, 0.3) is 10.1 Å². The van der Waals surface area contributed by atoms with E-state index < -0.39 is 6.09 Å². The average Bonchev–Trinajstić information content (AvgIpc) is 3.03. The Balaban J connectivity index is 1.47. The molecule has 0 N–H and O–H groups in total. The zero-order valence-corrected chi connectivity index (χ0v) is 12.3. The topological polar surface area (TPSA) is 66.9 Å². The van der Waals surface area contributed by atoms with E-state index in [-0.39, 0.29) is 24.5 Å². The molecule has 2 aromatic rings. The molecule has 0 saturated carbocycles. The number of carbonyl (C=O) groups is 3. The van der Waals surface area contributed by atoms with E-state index in [0.717, 1.165) is 15.0 Å². The van der Waals surface area contributed by atoms with Gasteiger partial charge in [0, 0.05) is 17.8 Å². The van der Waals surface area contributed by atoms with Gasteiger partial charge in [0.25, 0.3) is 11.8 Å². The molecule has 2 aliphatic heterocycles. The van der Waals surface area contributed by atoms with Gasteiger partial charge in [-0.05, 0) is 17.5 Å². The van der Waals surface area contributed by atoms with Crippen molar-refractivity contribution in [1.82, 2.24) is 9.80 Å². The fraction of sp³-hybridized carbons (Fsp3) is 0.267. The van der Waals surface area contributed by atoms with Crippen LogP contribution >= 0.6 is 11.3 Å². The molecule has 22 heavy (non-hydrogen) atoms. The number of thiophene rings is 1. The zero-order chi connectivity index (χ0) is 15.3. The van der Waals surface area contributed by atoms with Gasteiger partial charge in [-0.15, -0.1) is 11.3 Å². The number of benzene rings is 1. The summed E-state index contributed by atoms with van der Waals surface area (Å²) in [6, 6.07) is 9.45. The van der Waals surface area contributed by atoms with E-state index in [1.165, 1.54) is 11.3 Å². The van der Waals surface area contributed by atoms with Gasteiger partial charge in [0.15, 0.2) is 6.61 Å². The minimum absolute atomic E-state index is 0.0579. The quantitative estimate of drug-likeness (QED) is 0.846. The Bertz CT molecular complexity index is 745. The highest BCUT2D eigenvalue weighted by atomic mass is 32.1. The Kier molecular flexibility index (Phi) is 2.90. The Morgan fingerprint density at radius 2 is 2.00 bits per heavy atom. The van der Waals surface area contributed by atoms with Gasteiger partial charge in [-0.3, -0.25) is 9.59 Å². The largest absolute Gasteiger partial charge is 0.439 e. The van der Waals surface area contributed by atoms with E-state index >= 15 is 0 Å². The summed E-state index contributed by atoms with van der Waals surface area (Å²) in [6.07, 6.45) is -0.607. The minimum Gasteiger partial charge on any atom is -0.439 e. The van der Waals surface area contributed by atoms with Crippen LogP contribution in [0.4, 0.5) is 4.79 Å². The number of amides is 3. The lowest BCUT2D eigenvalue weighted by atomic mass is 10.1. The number of rotatable bonds is 2. The van der Waals surface area contributed by atoms with E-state index in [4.69, 9.17) is 4.74 Å². The molecule has 3 heterocycles. The molecule has 2 aliphatic rings. The third-order valence-corrected chi connectivity index (χ3v) is 5.04. The molecule has 0 bridgehead atoms. The zero-order valence-electron chi connectivity index (χ0n) is 11.5. The van der Waals surface area contributed by atoms with E-state index in [1.807, 2.05) is 30.3 Å². The molecule has 6 nitrogen and oxygen atoms in total. The Morgan fingerprint density at radius 3 is 2.68 bits per heavy atom. The van der Waals surface area contributed by atoms with Crippen molar-refractivity contribution in [2.45, 2.75) is 6.04 Å². The predicted octanol–water partition coefficient (Wildman–Crippen LogP) is 1.70. The number of ether oxygens (including phenoxy) is 1. The Morgan fingerprint density at radius 1 is 1.23 bits per heavy atom. The van der Waals surface area contributed by atoms with Crippen molar-refractivity contribution in [2.24, 2.45) is 0 Å². The second-order valence-corrected chi connectivity index (χ2v) is 6.41. The van der Waals surface area contributed by atoms with Crippen molar-refractivity contribution in [3.8, 4) is 0 Å². The monoisotopic (exact) mass is 316 g/mol. The highest BCUT2D eigenvalue weighted by Gasteiger charge is 2.44. The SMILES string of the molecule is O=C(c1cc2ccccc2s1)N1CC(N2C(=O)COC2=O)C1. The van der Waals surface area contributed by atoms with Gasteiger partial charge in [-0.2, -0.15) is 0 Å². The molecule has 7 heteroatoms. The first-order valence-electron chi connectivity index (χ1n) is 6.90. The van der Waals surface area contributed by atoms with E-state index in [9.17, 15) is 14.4 Å². The smallest absolute Gasteiger partial charge is 0.417 e. The number of carbonyl (C=O) groups excluding carboxylic acids is 3. The van der Waals surface area contributed by atoms with Crippen molar-refractivity contribution in [3.05, 3.63) is 35.2 Å². The maximum atomic E-state index is 12.4. The van der Waals surface area contributed by atoms with Gasteiger partial charge in [-0.25, -0.2) is 9.69 Å². The van der Waals surface area contributed by atoms with Crippen molar-refractivity contribution in [1.29, 1.82) is 0 Å². The fourth-order valence-electron chi connectivity index (χ4n) is 2.74. The molecule has 4 rings (SSSR count). The second-order valence-electron chi connectivity index (χ2n) is 5.33. The second kappa shape index (κ2) is 4.81. The van der Waals surface area contributed by atoms with Crippen LogP contribution in [0.5, 0.6) is 0 Å². The molecule has 0 aliphatic carbocycles. The van der Waals surface area contributed by atoms with Crippen molar-refractivity contribution in [3.63, 3.8) is 0 Å². The highest BCUT2D eigenvalue weighted by Crippen LogP contribution is 2.28. The van der Waals surface area contributed by atoms with Crippen LogP contribution in [0.2, 0.25) is 0 Å². The van der Waals surface area contributed by atoms with Crippen molar-refractivity contribution >= 4 is 39.3 Å². The van der Waals surface area contributed by atoms with Gasteiger partial charge in [0.05, 0.1) is 10.9 Å². The van der Waals surface area contributed by atoms with Gasteiger partial charge < -0.3 is 9.64 Å². The van der Waals surface area contributed by atoms with Crippen LogP contribution in [-0.2, 0) is 9.53 Å². The van der Waals surface area contributed by atoms with Crippen molar-refractivity contribution in [2.75, 3.05) is 19.7 Å². The molecule has 112 valence electrons. The van der Waals surface area contributed by atoms with Crippen LogP contribution in [0.15, 0.2) is 30.3 Å². The molecule has 2 saturated heterocycles. The number of nitrogens with zero attached hydrogens (tertiary/aromatic N) is 2. The lowest BCUT2D eigenvalue weighted by Gasteiger charge is -2.41. The fourth-order valence-corrected chi connectivity index (χ4v) is 3.78. The standard InChI is InChI=1S/C15H12N2O4S/c18-13-8-21-15(20)17(13)10-6-16(7-10)14(19)12-5-9-3-1-2-4-11(9)22-12/h1-5,10H,6-8H2. The summed E-state index contributed by atoms with van der Waals surface area (Å²) in [5, 5.41) is 1.05. The van der Waals surface area contributed by atoms with Crippen LogP contribution in [0.3, 0.4) is 0 Å². The molecule has 1 aromatic heterocycles. The highest BCUT2D eigenvalue weighted by molar-refractivity contribution is 7.20. The Labute approximate surface area is 129 Å². The summed E-state index contributed by atoms with van der Waals surface area (Å²) >= 11 is 1.45. The van der Waals surface area contributed by atoms with E-state index in [1.54, 1.807) is 4.90 Å². The van der Waals surface area contributed by atoms with Crippen molar-refractivity contribution < 1.29 is 19.1 Å². The summed E-state index contributed by atoms with van der Waals surface area (Å²) in [4.78, 5) is 38.9. The summed E-state index contributed by atoms with van der Waals surface area (Å²) in [5.41, 5.74) is 0. The lowest BCUT2D eigenvalue weighted by Crippen LogP contribution is -2.62. The number of hydrogen-bond donors (Lipinski definition) is 0. The minimum atomic E-state index is -0.607. The van der Waals surface area contributed by atoms with Gasteiger partial charge in [0.1, 0.15) is 0 Å². The molecule has 0 spiro atoms. The molecule has 3 amide bonds. The average molecular weight is 316 g/mol. The molecule has 0 radical (unpaired) electrons. The van der Waals surface area contributed by atoms with Gasteiger partial charge >= 0.3 is 6.09 Å².